The molecule has 3 N–H and O–H groups in total. The summed E-state index contributed by atoms with van der Waals surface area (Å²) < 4.78 is 14.7. The van der Waals surface area contributed by atoms with Crippen LogP contribution in [0.5, 0.6) is 0 Å². The second kappa shape index (κ2) is 5.18. The number of nitrogen functional groups attached to an aromatic ring is 1. The maximum Gasteiger partial charge on any atom is 0.265 e. The summed E-state index contributed by atoms with van der Waals surface area (Å²) in [4.78, 5) is 12.7. The molecule has 1 amide bonds. The summed E-state index contributed by atoms with van der Waals surface area (Å²) in [7, 11) is 0. The molecule has 1 heterocycles. The number of amides is 1. The first-order valence-corrected chi connectivity index (χ1v) is 7.21. The van der Waals surface area contributed by atoms with Crippen LogP contribution in [0.1, 0.15) is 15.2 Å². The zero-order valence-electron chi connectivity index (χ0n) is 11.3. The maximum atomic E-state index is 13.8. The Bertz CT molecular complexity index is 841. The molecule has 5 heteroatoms. The summed E-state index contributed by atoms with van der Waals surface area (Å²) in [6, 6.07) is 11.9. The third-order valence-electron chi connectivity index (χ3n) is 3.14. The SMILES string of the molecule is Cc1ccc(NC(=O)c2cc3cc(N)ccc3s2)c(F)c1. The summed E-state index contributed by atoms with van der Waals surface area (Å²) in [6.07, 6.45) is 0. The van der Waals surface area contributed by atoms with Crippen molar-refractivity contribution in [2.45, 2.75) is 6.92 Å². The van der Waals surface area contributed by atoms with E-state index in [2.05, 4.69) is 5.32 Å². The van der Waals surface area contributed by atoms with E-state index in [9.17, 15) is 9.18 Å². The summed E-state index contributed by atoms with van der Waals surface area (Å²) in [6.45, 7) is 1.80. The number of fused-ring (bicyclic) bond motifs is 1. The molecule has 2 aromatic carbocycles. The van der Waals surface area contributed by atoms with Gasteiger partial charge in [0, 0.05) is 10.4 Å². The molecule has 0 spiro atoms. The number of halogens is 1. The van der Waals surface area contributed by atoms with Crippen molar-refractivity contribution in [2.75, 3.05) is 11.1 Å². The highest BCUT2D eigenvalue weighted by Crippen LogP contribution is 2.28. The molecule has 1 aromatic heterocycles. The molecule has 0 saturated carbocycles. The van der Waals surface area contributed by atoms with Crippen LogP contribution in [0.25, 0.3) is 10.1 Å². The highest BCUT2D eigenvalue weighted by molar-refractivity contribution is 7.20. The quantitative estimate of drug-likeness (QED) is 0.697. The van der Waals surface area contributed by atoms with Crippen molar-refractivity contribution in [3.05, 3.63) is 58.7 Å². The van der Waals surface area contributed by atoms with Crippen molar-refractivity contribution in [3.8, 4) is 0 Å². The largest absolute Gasteiger partial charge is 0.399 e. The van der Waals surface area contributed by atoms with Gasteiger partial charge in [-0.1, -0.05) is 6.07 Å². The maximum absolute atomic E-state index is 13.8. The molecule has 0 aliphatic carbocycles. The molecule has 0 bridgehead atoms. The van der Waals surface area contributed by atoms with E-state index in [0.29, 0.717) is 10.6 Å². The lowest BCUT2D eigenvalue weighted by Crippen LogP contribution is -2.11. The van der Waals surface area contributed by atoms with E-state index in [4.69, 9.17) is 5.73 Å². The molecule has 0 saturated heterocycles. The summed E-state index contributed by atoms with van der Waals surface area (Å²) in [5, 5.41) is 3.51. The van der Waals surface area contributed by atoms with Gasteiger partial charge in [0.25, 0.3) is 5.91 Å². The first-order valence-electron chi connectivity index (χ1n) is 6.39. The molecule has 0 atom stereocenters. The topological polar surface area (TPSA) is 55.1 Å². The van der Waals surface area contributed by atoms with Gasteiger partial charge < -0.3 is 11.1 Å². The standard InChI is InChI=1S/C16H13FN2OS/c1-9-2-4-13(12(17)6-9)19-16(20)15-8-10-7-11(18)3-5-14(10)21-15/h2-8H,18H2,1H3,(H,19,20). The third kappa shape index (κ3) is 2.73. The van der Waals surface area contributed by atoms with E-state index in [1.54, 1.807) is 31.2 Å². The number of carbonyl (C=O) groups is 1. The van der Waals surface area contributed by atoms with Gasteiger partial charge in [-0.15, -0.1) is 11.3 Å². The lowest BCUT2D eigenvalue weighted by molar-refractivity contribution is 0.103. The van der Waals surface area contributed by atoms with Crippen LogP contribution < -0.4 is 11.1 Å². The van der Waals surface area contributed by atoms with Crippen molar-refractivity contribution in [1.82, 2.24) is 0 Å². The number of aryl methyl sites for hydroxylation is 1. The fourth-order valence-electron chi connectivity index (χ4n) is 2.08. The second-order valence-electron chi connectivity index (χ2n) is 4.85. The number of rotatable bonds is 2. The predicted octanol–water partition coefficient (Wildman–Crippen LogP) is 4.18. The van der Waals surface area contributed by atoms with Gasteiger partial charge in [-0.05, 0) is 54.3 Å². The molecule has 0 unspecified atom stereocenters. The van der Waals surface area contributed by atoms with E-state index in [1.165, 1.54) is 17.4 Å². The molecule has 0 aliphatic rings. The first-order chi connectivity index (χ1) is 10.0. The Morgan fingerprint density at radius 1 is 1.19 bits per heavy atom. The minimum absolute atomic E-state index is 0.183. The van der Waals surface area contributed by atoms with E-state index in [-0.39, 0.29) is 11.6 Å². The lowest BCUT2D eigenvalue weighted by Gasteiger charge is -2.05. The third-order valence-corrected chi connectivity index (χ3v) is 4.25. The predicted molar refractivity (Wildman–Crippen MR) is 85.3 cm³/mol. The Balaban J connectivity index is 1.89. The van der Waals surface area contributed by atoms with Crippen LogP contribution >= 0.6 is 11.3 Å². The van der Waals surface area contributed by atoms with Crippen LogP contribution in [0.2, 0.25) is 0 Å². The smallest absolute Gasteiger partial charge is 0.265 e. The van der Waals surface area contributed by atoms with Crippen LogP contribution in [0, 0.1) is 12.7 Å². The van der Waals surface area contributed by atoms with E-state index >= 15 is 0 Å². The van der Waals surface area contributed by atoms with E-state index < -0.39 is 5.82 Å². The fraction of sp³-hybridized carbons (Fsp3) is 0.0625. The number of hydrogen-bond donors (Lipinski definition) is 2. The molecule has 3 aromatic rings. The van der Waals surface area contributed by atoms with Gasteiger partial charge in [0.2, 0.25) is 0 Å². The minimum Gasteiger partial charge on any atom is -0.399 e. The number of hydrogen-bond acceptors (Lipinski definition) is 3. The van der Waals surface area contributed by atoms with Gasteiger partial charge >= 0.3 is 0 Å². The number of nitrogens with one attached hydrogen (secondary N) is 1. The monoisotopic (exact) mass is 300 g/mol. The molecule has 21 heavy (non-hydrogen) atoms. The van der Waals surface area contributed by atoms with Crippen LogP contribution in [-0.2, 0) is 0 Å². The highest BCUT2D eigenvalue weighted by Gasteiger charge is 2.12. The highest BCUT2D eigenvalue weighted by atomic mass is 32.1. The Hall–Kier alpha value is -2.40. The number of carbonyl (C=O) groups excluding carboxylic acids is 1. The normalized spacial score (nSPS) is 10.8. The van der Waals surface area contributed by atoms with Gasteiger partial charge in [0.05, 0.1) is 10.6 Å². The van der Waals surface area contributed by atoms with Crippen LogP contribution in [0.4, 0.5) is 15.8 Å². The van der Waals surface area contributed by atoms with Crippen molar-refractivity contribution in [3.63, 3.8) is 0 Å². The molecule has 0 aliphatic heterocycles. The van der Waals surface area contributed by atoms with Crippen molar-refractivity contribution in [2.24, 2.45) is 0 Å². The fourth-order valence-corrected chi connectivity index (χ4v) is 3.02. The van der Waals surface area contributed by atoms with Crippen LogP contribution in [0.3, 0.4) is 0 Å². The molecule has 3 rings (SSSR count). The van der Waals surface area contributed by atoms with E-state index in [1.807, 2.05) is 12.1 Å². The average molecular weight is 300 g/mol. The second-order valence-corrected chi connectivity index (χ2v) is 5.93. The summed E-state index contributed by atoms with van der Waals surface area (Å²) in [5.41, 5.74) is 7.36. The Morgan fingerprint density at radius 3 is 2.76 bits per heavy atom. The van der Waals surface area contributed by atoms with Crippen LogP contribution in [-0.4, -0.2) is 5.91 Å². The van der Waals surface area contributed by atoms with Crippen molar-refractivity contribution >= 4 is 38.7 Å². The molecular formula is C16H13FN2OS. The Kier molecular flexibility index (Phi) is 3.35. The summed E-state index contributed by atoms with van der Waals surface area (Å²) in [5.74, 6) is -0.758. The lowest BCUT2D eigenvalue weighted by atomic mass is 10.2. The number of nitrogens with two attached hydrogens (primary N) is 1. The zero-order chi connectivity index (χ0) is 15.0. The van der Waals surface area contributed by atoms with Gasteiger partial charge in [-0.2, -0.15) is 0 Å². The minimum atomic E-state index is -0.436. The zero-order valence-corrected chi connectivity index (χ0v) is 12.1. The molecule has 3 nitrogen and oxygen atoms in total. The van der Waals surface area contributed by atoms with Gasteiger partial charge in [-0.25, -0.2) is 4.39 Å². The van der Waals surface area contributed by atoms with Crippen molar-refractivity contribution < 1.29 is 9.18 Å². The van der Waals surface area contributed by atoms with Gasteiger partial charge in [0.1, 0.15) is 5.82 Å². The van der Waals surface area contributed by atoms with Crippen LogP contribution in [0.15, 0.2) is 42.5 Å². The molecular weight excluding hydrogens is 287 g/mol. The molecule has 0 fully saturated rings. The summed E-state index contributed by atoms with van der Waals surface area (Å²) >= 11 is 1.35. The Morgan fingerprint density at radius 2 is 2.00 bits per heavy atom. The average Bonchev–Trinajstić information content (AvgIpc) is 2.85. The molecule has 106 valence electrons. The van der Waals surface area contributed by atoms with Gasteiger partial charge in [-0.3, -0.25) is 4.79 Å². The molecule has 0 radical (unpaired) electrons. The number of thiophene rings is 1. The Labute approximate surface area is 125 Å². The number of benzene rings is 2. The van der Waals surface area contributed by atoms with Crippen molar-refractivity contribution in [1.29, 1.82) is 0 Å². The van der Waals surface area contributed by atoms with Gasteiger partial charge in [0.15, 0.2) is 0 Å². The first kappa shape index (κ1) is 13.6. The number of anilines is 2. The van der Waals surface area contributed by atoms with E-state index in [0.717, 1.165) is 15.6 Å².